The van der Waals surface area contributed by atoms with Crippen LogP contribution in [0.25, 0.3) is 0 Å². The molecule has 1 aromatic carbocycles. The van der Waals surface area contributed by atoms with Crippen LogP contribution in [-0.2, 0) is 9.59 Å². The number of hydrogen-bond donors (Lipinski definition) is 2. The molecule has 18 heavy (non-hydrogen) atoms. The van der Waals surface area contributed by atoms with Gasteiger partial charge in [-0.15, -0.1) is 0 Å². The fourth-order valence-electron chi connectivity index (χ4n) is 1.25. The molecule has 2 N–H and O–H groups in total. The van der Waals surface area contributed by atoms with Gasteiger partial charge in [0.05, 0.1) is 0 Å². The van der Waals surface area contributed by atoms with Crippen LogP contribution in [0.4, 0.5) is 5.69 Å². The highest BCUT2D eigenvalue weighted by Crippen LogP contribution is 2.20. The summed E-state index contributed by atoms with van der Waals surface area (Å²) in [5, 5.41) is 5.17. The summed E-state index contributed by atoms with van der Waals surface area (Å²) in [5.74, 6) is -1.26. The lowest BCUT2D eigenvalue weighted by atomic mass is 10.2. The maximum atomic E-state index is 11.6. The van der Waals surface area contributed by atoms with Crippen molar-refractivity contribution in [1.82, 2.24) is 5.32 Å². The highest BCUT2D eigenvalue weighted by molar-refractivity contribution is 9.10. The van der Waals surface area contributed by atoms with Crippen LogP contribution >= 0.6 is 15.9 Å². The molecule has 1 atom stereocenters. The molecule has 0 fully saturated rings. The number of benzene rings is 1. The minimum atomic E-state index is -0.647. The summed E-state index contributed by atoms with van der Waals surface area (Å²) in [4.78, 5) is 23.2. The zero-order valence-corrected chi connectivity index (χ0v) is 12.3. The van der Waals surface area contributed by atoms with Crippen LogP contribution in [-0.4, -0.2) is 17.9 Å². The molecule has 0 spiro atoms. The molecular formula is C13H17BrN2O2. The topological polar surface area (TPSA) is 58.2 Å². The molecule has 2 amide bonds. The van der Waals surface area contributed by atoms with Gasteiger partial charge in [0.15, 0.2) is 0 Å². The number of amides is 2. The van der Waals surface area contributed by atoms with Gasteiger partial charge in [0.1, 0.15) is 0 Å². The van der Waals surface area contributed by atoms with Crippen LogP contribution in [0.1, 0.15) is 25.8 Å². The second-order valence-electron chi connectivity index (χ2n) is 4.20. The van der Waals surface area contributed by atoms with E-state index in [-0.39, 0.29) is 6.04 Å². The van der Waals surface area contributed by atoms with E-state index in [0.29, 0.717) is 5.69 Å². The molecule has 5 heteroatoms. The molecule has 0 heterocycles. The van der Waals surface area contributed by atoms with Gasteiger partial charge in [-0.05, 0) is 38.0 Å². The molecule has 0 saturated carbocycles. The van der Waals surface area contributed by atoms with E-state index in [4.69, 9.17) is 0 Å². The number of nitrogens with one attached hydrogen (secondary N) is 2. The molecule has 1 unspecified atom stereocenters. The van der Waals surface area contributed by atoms with E-state index in [9.17, 15) is 9.59 Å². The van der Waals surface area contributed by atoms with Crippen molar-refractivity contribution in [3.63, 3.8) is 0 Å². The molecule has 98 valence electrons. The van der Waals surface area contributed by atoms with Gasteiger partial charge in [-0.25, -0.2) is 0 Å². The zero-order valence-electron chi connectivity index (χ0n) is 10.7. The second kappa shape index (κ2) is 6.54. The molecule has 0 aliphatic carbocycles. The summed E-state index contributed by atoms with van der Waals surface area (Å²) in [5.41, 5.74) is 1.66. The maximum absolute atomic E-state index is 11.6. The molecule has 4 nitrogen and oxygen atoms in total. The Kier molecular flexibility index (Phi) is 5.34. The van der Waals surface area contributed by atoms with Gasteiger partial charge < -0.3 is 10.6 Å². The van der Waals surface area contributed by atoms with Gasteiger partial charge in [0, 0.05) is 16.2 Å². The highest BCUT2D eigenvalue weighted by atomic mass is 79.9. The van der Waals surface area contributed by atoms with Gasteiger partial charge in [0.2, 0.25) is 0 Å². The number of carbonyl (C=O) groups is 2. The highest BCUT2D eigenvalue weighted by Gasteiger charge is 2.15. The van der Waals surface area contributed by atoms with Crippen molar-refractivity contribution < 1.29 is 9.59 Å². The average Bonchev–Trinajstić information content (AvgIpc) is 2.33. The minimum Gasteiger partial charge on any atom is -0.345 e. The lowest BCUT2D eigenvalue weighted by molar-refractivity contribution is -0.136. The van der Waals surface area contributed by atoms with E-state index in [2.05, 4.69) is 26.6 Å². The summed E-state index contributed by atoms with van der Waals surface area (Å²) in [7, 11) is 0. The Morgan fingerprint density at radius 1 is 1.33 bits per heavy atom. The van der Waals surface area contributed by atoms with Gasteiger partial charge in [-0.3, -0.25) is 9.59 Å². The lowest BCUT2D eigenvalue weighted by Crippen LogP contribution is -2.40. The Bertz CT molecular complexity index is 460. The average molecular weight is 313 g/mol. The number of hydrogen-bond acceptors (Lipinski definition) is 2. The Balaban J connectivity index is 2.64. The van der Waals surface area contributed by atoms with Crippen LogP contribution in [0.3, 0.4) is 0 Å². The number of rotatable bonds is 3. The van der Waals surface area contributed by atoms with E-state index in [1.807, 2.05) is 26.8 Å². The predicted molar refractivity (Wildman–Crippen MR) is 75.4 cm³/mol. The summed E-state index contributed by atoms with van der Waals surface area (Å²) >= 11 is 3.37. The fraction of sp³-hybridized carbons (Fsp3) is 0.385. The van der Waals surface area contributed by atoms with Crippen molar-refractivity contribution in [2.45, 2.75) is 33.2 Å². The first-order valence-electron chi connectivity index (χ1n) is 5.82. The second-order valence-corrected chi connectivity index (χ2v) is 5.06. The van der Waals surface area contributed by atoms with Crippen molar-refractivity contribution in [2.24, 2.45) is 0 Å². The van der Waals surface area contributed by atoms with Crippen LogP contribution < -0.4 is 10.6 Å². The van der Waals surface area contributed by atoms with E-state index >= 15 is 0 Å². The van der Waals surface area contributed by atoms with Gasteiger partial charge in [0.25, 0.3) is 0 Å². The zero-order chi connectivity index (χ0) is 13.7. The smallest absolute Gasteiger partial charge is 0.313 e. The molecule has 0 aliphatic rings. The molecular weight excluding hydrogens is 296 g/mol. The molecule has 0 bridgehead atoms. The van der Waals surface area contributed by atoms with E-state index in [1.165, 1.54) is 0 Å². The fourth-order valence-corrected chi connectivity index (χ4v) is 1.63. The van der Waals surface area contributed by atoms with Gasteiger partial charge in [-0.2, -0.15) is 0 Å². The standard InChI is InChI=1S/C13H17BrN2O2/c1-4-9(3)15-12(17)13(18)16-10-6-5-8(2)11(14)7-10/h5-7,9H,4H2,1-3H3,(H,15,17)(H,16,18). The normalized spacial score (nSPS) is 11.8. The molecule has 0 saturated heterocycles. The number of anilines is 1. The number of aryl methyl sites for hydroxylation is 1. The first kappa shape index (κ1) is 14.7. The Morgan fingerprint density at radius 3 is 2.56 bits per heavy atom. The third-order valence-electron chi connectivity index (χ3n) is 2.63. The molecule has 0 aromatic heterocycles. The summed E-state index contributed by atoms with van der Waals surface area (Å²) in [6, 6.07) is 5.39. The molecule has 1 rings (SSSR count). The summed E-state index contributed by atoms with van der Waals surface area (Å²) < 4.78 is 0.891. The maximum Gasteiger partial charge on any atom is 0.313 e. The third kappa shape index (κ3) is 4.14. The van der Waals surface area contributed by atoms with Crippen molar-refractivity contribution in [2.75, 3.05) is 5.32 Å². The van der Waals surface area contributed by atoms with Crippen LogP contribution in [0.5, 0.6) is 0 Å². The van der Waals surface area contributed by atoms with E-state index in [1.54, 1.807) is 12.1 Å². The van der Waals surface area contributed by atoms with Crippen molar-refractivity contribution >= 4 is 33.4 Å². The van der Waals surface area contributed by atoms with E-state index in [0.717, 1.165) is 16.5 Å². The van der Waals surface area contributed by atoms with Crippen molar-refractivity contribution in [1.29, 1.82) is 0 Å². The Hall–Kier alpha value is -1.36. The monoisotopic (exact) mass is 312 g/mol. The quantitative estimate of drug-likeness (QED) is 0.843. The van der Waals surface area contributed by atoms with Crippen molar-refractivity contribution in [3.8, 4) is 0 Å². The van der Waals surface area contributed by atoms with Gasteiger partial charge >= 0.3 is 11.8 Å². The Morgan fingerprint density at radius 2 is 2.00 bits per heavy atom. The third-order valence-corrected chi connectivity index (χ3v) is 3.48. The van der Waals surface area contributed by atoms with E-state index < -0.39 is 11.8 Å². The SMILES string of the molecule is CCC(C)NC(=O)C(=O)Nc1ccc(C)c(Br)c1. The molecule has 0 aliphatic heterocycles. The first-order chi connectivity index (χ1) is 8.43. The van der Waals surface area contributed by atoms with Gasteiger partial charge in [-0.1, -0.05) is 28.9 Å². The number of carbonyl (C=O) groups excluding carboxylic acids is 2. The summed E-state index contributed by atoms with van der Waals surface area (Å²) in [6.45, 7) is 5.75. The molecule has 0 radical (unpaired) electrons. The number of halogens is 1. The first-order valence-corrected chi connectivity index (χ1v) is 6.61. The minimum absolute atomic E-state index is 0.00648. The lowest BCUT2D eigenvalue weighted by Gasteiger charge is -2.11. The van der Waals surface area contributed by atoms with Crippen LogP contribution in [0, 0.1) is 6.92 Å². The Labute approximate surface area is 115 Å². The van der Waals surface area contributed by atoms with Crippen LogP contribution in [0.2, 0.25) is 0 Å². The molecule has 1 aromatic rings. The predicted octanol–water partition coefficient (Wildman–Crippen LogP) is 2.61. The largest absolute Gasteiger partial charge is 0.345 e. The summed E-state index contributed by atoms with van der Waals surface area (Å²) in [6.07, 6.45) is 0.787. The van der Waals surface area contributed by atoms with Crippen molar-refractivity contribution in [3.05, 3.63) is 28.2 Å². The van der Waals surface area contributed by atoms with Crippen LogP contribution in [0.15, 0.2) is 22.7 Å².